The van der Waals surface area contributed by atoms with Gasteiger partial charge in [-0.2, -0.15) is 0 Å². The Kier molecular flexibility index (Phi) is 5.12. The number of benzene rings is 1. The van der Waals surface area contributed by atoms with Crippen molar-refractivity contribution in [1.82, 2.24) is 0 Å². The predicted octanol–water partition coefficient (Wildman–Crippen LogP) is 5.23. The van der Waals surface area contributed by atoms with E-state index in [1.165, 1.54) is 5.57 Å². The van der Waals surface area contributed by atoms with E-state index in [2.05, 4.69) is 33.4 Å². The van der Waals surface area contributed by atoms with E-state index in [4.69, 9.17) is 5.11 Å². The van der Waals surface area contributed by atoms with Gasteiger partial charge in [-0.3, -0.25) is 4.79 Å². The van der Waals surface area contributed by atoms with Crippen LogP contribution in [0, 0.1) is 5.41 Å². The molecule has 0 heterocycles. The second-order valence-corrected chi connectivity index (χ2v) is 7.30. The molecule has 3 nitrogen and oxygen atoms in total. The van der Waals surface area contributed by atoms with Gasteiger partial charge >= 0.3 is 5.97 Å². The van der Waals surface area contributed by atoms with E-state index in [1.54, 1.807) is 12.1 Å². The Labute approximate surface area is 144 Å². The van der Waals surface area contributed by atoms with Crippen LogP contribution in [-0.4, -0.2) is 16.9 Å². The van der Waals surface area contributed by atoms with Gasteiger partial charge in [-0.25, -0.2) is 4.79 Å². The highest BCUT2D eigenvalue weighted by molar-refractivity contribution is 6.39. The van der Waals surface area contributed by atoms with Crippen molar-refractivity contribution in [2.24, 2.45) is 5.41 Å². The molecule has 0 aliphatic heterocycles. The highest BCUT2D eigenvalue weighted by atomic mass is 16.4. The number of Topliss-reactive ketones (excluding diaryl/α,β-unsaturated/α-hetero) is 1. The first-order valence-corrected chi connectivity index (χ1v) is 8.45. The van der Waals surface area contributed by atoms with Crippen LogP contribution in [-0.2, 0) is 4.79 Å². The molecular weight excluding hydrogens is 300 g/mol. The van der Waals surface area contributed by atoms with Gasteiger partial charge in [0.25, 0.3) is 5.78 Å². The number of carbonyl (C=O) groups excluding carboxylic acids is 1. The second kappa shape index (κ2) is 6.76. The maximum atomic E-state index is 11.8. The summed E-state index contributed by atoms with van der Waals surface area (Å²) < 4.78 is 0. The smallest absolute Gasteiger partial charge is 0.377 e. The van der Waals surface area contributed by atoms with E-state index >= 15 is 0 Å². The summed E-state index contributed by atoms with van der Waals surface area (Å²) in [5.74, 6) is -2.05. The predicted molar refractivity (Wildman–Crippen MR) is 97.2 cm³/mol. The molecule has 0 radical (unpaired) electrons. The first-order valence-electron chi connectivity index (χ1n) is 8.45. The fourth-order valence-corrected chi connectivity index (χ4v) is 3.79. The summed E-state index contributed by atoms with van der Waals surface area (Å²) >= 11 is 0. The third kappa shape index (κ3) is 3.35. The fraction of sp³-hybridized carbons (Fsp3) is 0.429. The molecule has 2 rings (SSSR count). The summed E-state index contributed by atoms with van der Waals surface area (Å²) in [6, 6.07) is 5.26. The summed E-state index contributed by atoms with van der Waals surface area (Å²) in [6.07, 6.45) is 5.22. The second-order valence-electron chi connectivity index (χ2n) is 7.30. The molecule has 0 fully saturated rings. The zero-order chi connectivity index (χ0) is 18.1. The standard InChI is InChI=1S/C21H26O3/c1-6-13(2)17-12-15(19(22)20(23)24)9-10-16(17)18-14(3)8-7-11-21(18,4)5/h8-10,12,18H,2,6-7,11H2,1,3-5H3,(H,23,24). The van der Waals surface area contributed by atoms with Gasteiger partial charge in [0, 0.05) is 11.5 Å². The van der Waals surface area contributed by atoms with Crippen LogP contribution in [0.3, 0.4) is 0 Å². The topological polar surface area (TPSA) is 54.4 Å². The van der Waals surface area contributed by atoms with Crippen LogP contribution in [0.2, 0.25) is 0 Å². The largest absolute Gasteiger partial charge is 0.475 e. The van der Waals surface area contributed by atoms with Crippen molar-refractivity contribution in [2.45, 2.75) is 52.9 Å². The van der Waals surface area contributed by atoms with Gasteiger partial charge in [-0.1, -0.05) is 51.1 Å². The number of carboxylic acids is 1. The molecule has 0 aromatic heterocycles. The van der Waals surface area contributed by atoms with Crippen LogP contribution < -0.4 is 0 Å². The molecule has 0 spiro atoms. The molecule has 0 saturated carbocycles. The Bertz CT molecular complexity index is 723. The van der Waals surface area contributed by atoms with Crippen molar-refractivity contribution in [3.8, 4) is 0 Å². The molecular formula is C21H26O3. The highest BCUT2D eigenvalue weighted by Crippen LogP contribution is 2.49. The molecule has 1 aliphatic rings. The molecule has 1 atom stereocenters. The quantitative estimate of drug-likeness (QED) is 0.458. The summed E-state index contributed by atoms with van der Waals surface area (Å²) in [5, 5.41) is 8.98. The van der Waals surface area contributed by atoms with E-state index in [1.807, 2.05) is 13.0 Å². The molecule has 1 aromatic carbocycles. The van der Waals surface area contributed by atoms with E-state index in [9.17, 15) is 9.59 Å². The molecule has 1 N–H and O–H groups in total. The Morgan fingerprint density at radius 2 is 2.00 bits per heavy atom. The number of rotatable bonds is 5. The van der Waals surface area contributed by atoms with Crippen LogP contribution in [0.25, 0.3) is 5.57 Å². The first-order chi connectivity index (χ1) is 11.2. The number of hydrogen-bond acceptors (Lipinski definition) is 2. The fourth-order valence-electron chi connectivity index (χ4n) is 3.79. The van der Waals surface area contributed by atoms with Crippen LogP contribution in [0.1, 0.15) is 74.4 Å². The molecule has 0 saturated heterocycles. The Morgan fingerprint density at radius 3 is 2.54 bits per heavy atom. The molecule has 1 aromatic rings. The lowest BCUT2D eigenvalue weighted by molar-refractivity contribution is -0.131. The van der Waals surface area contributed by atoms with Crippen molar-refractivity contribution in [2.75, 3.05) is 0 Å². The number of aliphatic carboxylic acids is 1. The van der Waals surface area contributed by atoms with Crippen molar-refractivity contribution in [1.29, 1.82) is 0 Å². The van der Waals surface area contributed by atoms with Crippen molar-refractivity contribution in [3.05, 3.63) is 53.1 Å². The summed E-state index contributed by atoms with van der Waals surface area (Å²) in [7, 11) is 0. The highest BCUT2D eigenvalue weighted by Gasteiger charge is 2.35. The lowest BCUT2D eigenvalue weighted by Crippen LogP contribution is -2.27. The average molecular weight is 326 g/mol. The number of carboxylic acid groups (broad SMARTS) is 1. The van der Waals surface area contributed by atoms with Crippen molar-refractivity contribution < 1.29 is 14.7 Å². The molecule has 24 heavy (non-hydrogen) atoms. The van der Waals surface area contributed by atoms with Crippen LogP contribution in [0.15, 0.2) is 36.4 Å². The summed E-state index contributed by atoms with van der Waals surface area (Å²) in [5.41, 5.74) is 4.64. The van der Waals surface area contributed by atoms with Gasteiger partial charge in [-0.15, -0.1) is 0 Å². The van der Waals surface area contributed by atoms with Crippen molar-refractivity contribution >= 4 is 17.3 Å². The Balaban J connectivity index is 2.63. The van der Waals surface area contributed by atoms with Gasteiger partial charge in [0.05, 0.1) is 0 Å². The minimum Gasteiger partial charge on any atom is -0.475 e. The average Bonchev–Trinajstić information content (AvgIpc) is 2.52. The van der Waals surface area contributed by atoms with Gasteiger partial charge in [-0.05, 0) is 54.4 Å². The molecule has 3 heteroatoms. The summed E-state index contributed by atoms with van der Waals surface area (Å²) in [6.45, 7) is 12.8. The minimum atomic E-state index is -1.43. The maximum Gasteiger partial charge on any atom is 0.377 e. The van der Waals surface area contributed by atoms with Gasteiger partial charge in [0.2, 0.25) is 0 Å². The van der Waals surface area contributed by atoms with E-state index in [0.717, 1.165) is 36.0 Å². The zero-order valence-electron chi connectivity index (χ0n) is 15.0. The third-order valence-corrected chi connectivity index (χ3v) is 5.12. The van der Waals surface area contributed by atoms with Crippen LogP contribution in [0.5, 0.6) is 0 Å². The van der Waals surface area contributed by atoms with Gasteiger partial charge in [0.1, 0.15) is 0 Å². The lowest BCUT2D eigenvalue weighted by atomic mass is 9.64. The third-order valence-electron chi connectivity index (χ3n) is 5.12. The molecule has 0 amide bonds. The molecule has 128 valence electrons. The van der Waals surface area contributed by atoms with E-state index < -0.39 is 11.8 Å². The Morgan fingerprint density at radius 1 is 1.33 bits per heavy atom. The molecule has 1 unspecified atom stereocenters. The Hall–Kier alpha value is -2.16. The number of allylic oxidation sites excluding steroid dienone is 3. The number of hydrogen-bond donors (Lipinski definition) is 1. The summed E-state index contributed by atoms with van der Waals surface area (Å²) in [4.78, 5) is 22.9. The monoisotopic (exact) mass is 326 g/mol. The van der Waals surface area contributed by atoms with E-state index in [0.29, 0.717) is 0 Å². The first kappa shape index (κ1) is 18.2. The lowest BCUT2D eigenvalue weighted by Gasteiger charge is -2.40. The van der Waals surface area contributed by atoms with Gasteiger partial charge < -0.3 is 5.11 Å². The van der Waals surface area contributed by atoms with Crippen LogP contribution >= 0.6 is 0 Å². The normalized spacial score (nSPS) is 19.5. The van der Waals surface area contributed by atoms with Crippen LogP contribution in [0.4, 0.5) is 0 Å². The number of ketones is 1. The zero-order valence-corrected chi connectivity index (χ0v) is 15.0. The SMILES string of the molecule is C=C(CC)c1cc(C(=O)C(=O)O)ccc1C1C(C)=CCCC1(C)C. The minimum absolute atomic E-state index is 0.111. The molecule has 0 bridgehead atoms. The molecule has 1 aliphatic carbocycles. The van der Waals surface area contributed by atoms with Gasteiger partial charge in [0.15, 0.2) is 0 Å². The number of carbonyl (C=O) groups is 2. The maximum absolute atomic E-state index is 11.8. The van der Waals surface area contributed by atoms with Crippen molar-refractivity contribution in [3.63, 3.8) is 0 Å². The van der Waals surface area contributed by atoms with E-state index in [-0.39, 0.29) is 16.9 Å².